The summed E-state index contributed by atoms with van der Waals surface area (Å²) in [5.41, 5.74) is 12.8. The van der Waals surface area contributed by atoms with E-state index in [1.165, 1.54) is 0 Å². The summed E-state index contributed by atoms with van der Waals surface area (Å²) in [6.07, 6.45) is 1.02. The van der Waals surface area contributed by atoms with Gasteiger partial charge < -0.3 is 26.0 Å². The summed E-state index contributed by atoms with van der Waals surface area (Å²) >= 11 is 0. The molecule has 1 heterocycles. The SMILES string of the molecule is CN1CCN(CCCOc2ccc(N)cc2N)CC1. The molecule has 0 spiro atoms. The quantitative estimate of drug-likeness (QED) is 0.610. The van der Waals surface area contributed by atoms with Crippen molar-refractivity contribution in [2.75, 3.05) is 57.8 Å². The zero-order valence-corrected chi connectivity index (χ0v) is 11.6. The Labute approximate surface area is 115 Å². The van der Waals surface area contributed by atoms with Gasteiger partial charge in [0.1, 0.15) is 5.75 Å². The summed E-state index contributed by atoms with van der Waals surface area (Å²) < 4.78 is 5.69. The molecule has 1 fully saturated rings. The van der Waals surface area contributed by atoms with Gasteiger partial charge in [-0.2, -0.15) is 0 Å². The van der Waals surface area contributed by atoms with Crippen LogP contribution in [0.15, 0.2) is 18.2 Å². The molecule has 0 aromatic heterocycles. The van der Waals surface area contributed by atoms with Crippen molar-refractivity contribution in [3.05, 3.63) is 18.2 Å². The third kappa shape index (κ3) is 4.29. The fourth-order valence-electron chi connectivity index (χ4n) is 2.24. The Morgan fingerprint density at radius 3 is 2.58 bits per heavy atom. The van der Waals surface area contributed by atoms with Crippen molar-refractivity contribution in [2.45, 2.75) is 6.42 Å². The van der Waals surface area contributed by atoms with Gasteiger partial charge in [-0.05, 0) is 31.7 Å². The number of likely N-dealkylation sites (N-methyl/N-ethyl adjacent to an activating group) is 1. The minimum absolute atomic E-state index is 0.611. The summed E-state index contributed by atoms with van der Waals surface area (Å²) in [6, 6.07) is 5.38. The molecule has 0 atom stereocenters. The van der Waals surface area contributed by atoms with Gasteiger partial charge in [-0.3, -0.25) is 0 Å². The number of hydrogen-bond acceptors (Lipinski definition) is 5. The lowest BCUT2D eigenvalue weighted by molar-refractivity contribution is 0.145. The number of anilines is 2. The maximum Gasteiger partial charge on any atom is 0.142 e. The largest absolute Gasteiger partial charge is 0.491 e. The van der Waals surface area contributed by atoms with Crippen molar-refractivity contribution in [1.82, 2.24) is 9.80 Å². The van der Waals surface area contributed by atoms with Gasteiger partial charge in [0.15, 0.2) is 0 Å². The second-order valence-electron chi connectivity index (χ2n) is 5.14. The van der Waals surface area contributed by atoms with E-state index in [4.69, 9.17) is 16.2 Å². The van der Waals surface area contributed by atoms with Crippen molar-refractivity contribution in [1.29, 1.82) is 0 Å². The van der Waals surface area contributed by atoms with Crippen molar-refractivity contribution in [3.63, 3.8) is 0 Å². The highest BCUT2D eigenvalue weighted by atomic mass is 16.5. The molecule has 0 bridgehead atoms. The Balaban J connectivity index is 1.66. The van der Waals surface area contributed by atoms with Crippen LogP contribution >= 0.6 is 0 Å². The first-order chi connectivity index (χ1) is 9.15. The highest BCUT2D eigenvalue weighted by Crippen LogP contribution is 2.23. The monoisotopic (exact) mass is 264 g/mol. The fourth-order valence-corrected chi connectivity index (χ4v) is 2.24. The van der Waals surface area contributed by atoms with Gasteiger partial charge in [0.2, 0.25) is 0 Å². The molecular formula is C14H24N4O. The molecular weight excluding hydrogens is 240 g/mol. The van der Waals surface area contributed by atoms with E-state index in [1.54, 1.807) is 6.07 Å². The van der Waals surface area contributed by atoms with Gasteiger partial charge in [-0.15, -0.1) is 0 Å². The minimum atomic E-state index is 0.611. The van der Waals surface area contributed by atoms with Gasteiger partial charge in [0, 0.05) is 38.4 Å². The molecule has 0 radical (unpaired) electrons. The van der Waals surface area contributed by atoms with Crippen LogP contribution in [0.5, 0.6) is 5.75 Å². The standard InChI is InChI=1S/C14H24N4O/c1-17-6-8-18(9-7-17)5-2-10-19-14-4-3-12(15)11-13(14)16/h3-4,11H,2,5-10,15-16H2,1H3. The maximum absolute atomic E-state index is 5.84. The molecule has 2 rings (SSSR count). The predicted molar refractivity (Wildman–Crippen MR) is 79.3 cm³/mol. The number of hydrogen-bond donors (Lipinski definition) is 2. The Bertz CT molecular complexity index is 402. The predicted octanol–water partition coefficient (Wildman–Crippen LogP) is 0.867. The van der Waals surface area contributed by atoms with Crippen molar-refractivity contribution in [2.24, 2.45) is 0 Å². The molecule has 19 heavy (non-hydrogen) atoms. The first-order valence-electron chi connectivity index (χ1n) is 6.84. The third-order valence-corrected chi connectivity index (χ3v) is 3.51. The number of nitrogen functional groups attached to an aromatic ring is 2. The molecule has 4 N–H and O–H groups in total. The second-order valence-corrected chi connectivity index (χ2v) is 5.14. The van der Waals surface area contributed by atoms with Gasteiger partial charge >= 0.3 is 0 Å². The molecule has 0 amide bonds. The average molecular weight is 264 g/mol. The number of ether oxygens (including phenoxy) is 1. The van der Waals surface area contributed by atoms with E-state index < -0.39 is 0 Å². The molecule has 0 aliphatic carbocycles. The van der Waals surface area contributed by atoms with Crippen LogP contribution in [-0.4, -0.2) is 56.2 Å². The van der Waals surface area contributed by atoms with Crippen molar-refractivity contribution in [3.8, 4) is 5.75 Å². The molecule has 1 aliphatic heterocycles. The van der Waals surface area contributed by atoms with Crippen LogP contribution in [-0.2, 0) is 0 Å². The van der Waals surface area contributed by atoms with Crippen LogP contribution in [0.1, 0.15) is 6.42 Å². The van der Waals surface area contributed by atoms with Crippen LogP contribution in [0.4, 0.5) is 11.4 Å². The lowest BCUT2D eigenvalue weighted by Crippen LogP contribution is -2.44. The summed E-state index contributed by atoms with van der Waals surface area (Å²) in [6.45, 7) is 6.40. The first-order valence-corrected chi connectivity index (χ1v) is 6.84. The Kier molecular flexibility index (Phi) is 4.87. The van der Waals surface area contributed by atoms with Gasteiger partial charge in [-0.1, -0.05) is 0 Å². The normalized spacial score (nSPS) is 17.5. The summed E-state index contributed by atoms with van der Waals surface area (Å²) in [5, 5.41) is 0. The Morgan fingerprint density at radius 2 is 1.89 bits per heavy atom. The van der Waals surface area contributed by atoms with E-state index in [2.05, 4.69) is 16.8 Å². The highest BCUT2D eigenvalue weighted by Gasteiger charge is 2.12. The smallest absolute Gasteiger partial charge is 0.142 e. The van der Waals surface area contributed by atoms with Crippen LogP contribution < -0.4 is 16.2 Å². The molecule has 5 heteroatoms. The molecule has 1 aromatic rings. The van der Waals surface area contributed by atoms with Crippen LogP contribution in [0.3, 0.4) is 0 Å². The topological polar surface area (TPSA) is 67.8 Å². The van der Waals surface area contributed by atoms with E-state index >= 15 is 0 Å². The van der Waals surface area contributed by atoms with Crippen LogP contribution in [0.25, 0.3) is 0 Å². The molecule has 0 unspecified atom stereocenters. The fraction of sp³-hybridized carbons (Fsp3) is 0.571. The molecule has 106 valence electrons. The van der Waals surface area contributed by atoms with Crippen molar-refractivity contribution < 1.29 is 4.74 Å². The maximum atomic E-state index is 5.84. The zero-order chi connectivity index (χ0) is 13.7. The highest BCUT2D eigenvalue weighted by molar-refractivity contribution is 5.60. The third-order valence-electron chi connectivity index (χ3n) is 3.51. The minimum Gasteiger partial charge on any atom is -0.491 e. The molecule has 1 aromatic carbocycles. The lowest BCUT2D eigenvalue weighted by atomic mass is 10.2. The average Bonchev–Trinajstić information content (AvgIpc) is 2.39. The van der Waals surface area contributed by atoms with E-state index in [0.29, 0.717) is 18.0 Å². The number of piperazine rings is 1. The van der Waals surface area contributed by atoms with Crippen molar-refractivity contribution >= 4 is 11.4 Å². The van der Waals surface area contributed by atoms with Crippen LogP contribution in [0, 0.1) is 0 Å². The number of rotatable bonds is 5. The first kappa shape index (κ1) is 14.0. The lowest BCUT2D eigenvalue weighted by Gasteiger charge is -2.32. The van der Waals surface area contributed by atoms with Crippen LogP contribution in [0.2, 0.25) is 0 Å². The zero-order valence-electron chi connectivity index (χ0n) is 11.6. The Hall–Kier alpha value is -1.46. The van der Waals surface area contributed by atoms with Gasteiger partial charge in [0.25, 0.3) is 0 Å². The number of nitrogens with zero attached hydrogens (tertiary/aromatic N) is 2. The van der Waals surface area contributed by atoms with E-state index in [0.717, 1.165) is 44.9 Å². The number of nitrogens with two attached hydrogens (primary N) is 2. The summed E-state index contributed by atoms with van der Waals surface area (Å²) in [7, 11) is 2.17. The molecule has 1 aliphatic rings. The van der Waals surface area contributed by atoms with Gasteiger partial charge in [0.05, 0.1) is 12.3 Å². The van der Waals surface area contributed by atoms with E-state index in [-0.39, 0.29) is 0 Å². The molecule has 1 saturated heterocycles. The molecule has 0 saturated carbocycles. The van der Waals surface area contributed by atoms with E-state index in [9.17, 15) is 0 Å². The summed E-state index contributed by atoms with van der Waals surface area (Å²) in [4.78, 5) is 4.85. The second kappa shape index (κ2) is 6.63. The molecule has 5 nitrogen and oxygen atoms in total. The number of benzene rings is 1. The van der Waals surface area contributed by atoms with Gasteiger partial charge in [-0.25, -0.2) is 0 Å². The van der Waals surface area contributed by atoms with E-state index in [1.807, 2.05) is 12.1 Å². The summed E-state index contributed by atoms with van der Waals surface area (Å²) in [5.74, 6) is 0.729. The Morgan fingerprint density at radius 1 is 1.16 bits per heavy atom.